The first-order chi connectivity index (χ1) is 10.0. The SMILES string of the molecule is COc1ccc(CN(C)c2ccncc2C(N)=O)cc1C. The molecule has 2 aromatic rings. The van der Waals surface area contributed by atoms with Gasteiger partial charge in [-0.25, -0.2) is 0 Å². The Hall–Kier alpha value is -2.56. The lowest BCUT2D eigenvalue weighted by molar-refractivity contribution is 0.100. The highest BCUT2D eigenvalue weighted by Gasteiger charge is 2.12. The number of nitrogens with zero attached hydrogens (tertiary/aromatic N) is 2. The number of nitrogens with two attached hydrogens (primary N) is 1. The van der Waals surface area contributed by atoms with Gasteiger partial charge < -0.3 is 15.4 Å². The molecule has 0 bridgehead atoms. The molecule has 0 radical (unpaired) electrons. The molecule has 1 aromatic carbocycles. The Morgan fingerprint density at radius 2 is 2.14 bits per heavy atom. The summed E-state index contributed by atoms with van der Waals surface area (Å²) < 4.78 is 5.26. The molecule has 0 spiro atoms. The first kappa shape index (κ1) is 14.8. The number of methoxy groups -OCH3 is 1. The monoisotopic (exact) mass is 285 g/mol. The summed E-state index contributed by atoms with van der Waals surface area (Å²) in [7, 11) is 3.57. The van der Waals surface area contributed by atoms with E-state index in [0.717, 1.165) is 22.6 Å². The van der Waals surface area contributed by atoms with Crippen molar-refractivity contribution in [2.45, 2.75) is 13.5 Å². The molecular formula is C16H19N3O2. The molecule has 0 atom stereocenters. The fraction of sp³-hybridized carbons (Fsp3) is 0.250. The Morgan fingerprint density at radius 3 is 2.76 bits per heavy atom. The van der Waals surface area contributed by atoms with Crippen molar-refractivity contribution in [2.75, 3.05) is 19.1 Å². The summed E-state index contributed by atoms with van der Waals surface area (Å²) in [5.74, 6) is 0.388. The minimum atomic E-state index is -0.476. The fourth-order valence-electron chi connectivity index (χ4n) is 2.31. The second kappa shape index (κ2) is 6.26. The number of rotatable bonds is 5. The van der Waals surface area contributed by atoms with E-state index in [1.807, 2.05) is 31.0 Å². The average Bonchev–Trinajstić information content (AvgIpc) is 2.47. The number of aryl methyl sites for hydroxylation is 1. The van der Waals surface area contributed by atoms with Crippen LogP contribution in [0.5, 0.6) is 5.75 Å². The third-order valence-electron chi connectivity index (χ3n) is 3.35. The van der Waals surface area contributed by atoms with Crippen LogP contribution >= 0.6 is 0 Å². The third kappa shape index (κ3) is 3.31. The molecule has 1 amide bonds. The highest BCUT2D eigenvalue weighted by Crippen LogP contribution is 2.22. The maximum absolute atomic E-state index is 11.5. The summed E-state index contributed by atoms with van der Waals surface area (Å²) in [6, 6.07) is 7.81. The van der Waals surface area contributed by atoms with E-state index in [1.54, 1.807) is 19.4 Å². The van der Waals surface area contributed by atoms with Crippen molar-refractivity contribution in [1.82, 2.24) is 4.98 Å². The van der Waals surface area contributed by atoms with Gasteiger partial charge in [0, 0.05) is 26.0 Å². The van der Waals surface area contributed by atoms with E-state index in [2.05, 4.69) is 11.1 Å². The molecule has 21 heavy (non-hydrogen) atoms. The molecule has 1 aromatic heterocycles. The first-order valence-electron chi connectivity index (χ1n) is 6.61. The van der Waals surface area contributed by atoms with Crippen LogP contribution in [0.2, 0.25) is 0 Å². The number of anilines is 1. The zero-order valence-corrected chi connectivity index (χ0v) is 12.5. The average molecular weight is 285 g/mol. The lowest BCUT2D eigenvalue weighted by Crippen LogP contribution is -2.22. The number of carbonyl (C=O) groups excluding carboxylic acids is 1. The molecule has 5 nitrogen and oxygen atoms in total. The quantitative estimate of drug-likeness (QED) is 0.913. The minimum absolute atomic E-state index is 0.422. The Bertz CT molecular complexity index is 656. The predicted octanol–water partition coefficient (Wildman–Crippen LogP) is 2.13. The van der Waals surface area contributed by atoms with Gasteiger partial charge in [0.1, 0.15) is 5.75 Å². The van der Waals surface area contributed by atoms with Gasteiger partial charge in [-0.05, 0) is 30.2 Å². The molecule has 5 heteroatoms. The molecule has 0 saturated carbocycles. The van der Waals surface area contributed by atoms with E-state index >= 15 is 0 Å². The summed E-state index contributed by atoms with van der Waals surface area (Å²) in [5, 5.41) is 0. The van der Waals surface area contributed by atoms with Gasteiger partial charge in [0.25, 0.3) is 5.91 Å². The van der Waals surface area contributed by atoms with Crippen LogP contribution in [-0.2, 0) is 6.54 Å². The molecule has 0 saturated heterocycles. The maximum atomic E-state index is 11.5. The highest BCUT2D eigenvalue weighted by atomic mass is 16.5. The molecule has 2 rings (SSSR count). The van der Waals surface area contributed by atoms with Gasteiger partial charge in [-0.3, -0.25) is 9.78 Å². The van der Waals surface area contributed by atoms with Crippen LogP contribution in [0.4, 0.5) is 5.69 Å². The number of hydrogen-bond donors (Lipinski definition) is 1. The number of benzene rings is 1. The van der Waals surface area contributed by atoms with Gasteiger partial charge in [-0.15, -0.1) is 0 Å². The van der Waals surface area contributed by atoms with Crippen LogP contribution in [0.1, 0.15) is 21.5 Å². The van der Waals surface area contributed by atoms with Crippen molar-refractivity contribution in [2.24, 2.45) is 5.73 Å². The number of aromatic nitrogens is 1. The zero-order chi connectivity index (χ0) is 15.4. The second-order valence-corrected chi connectivity index (χ2v) is 4.92. The van der Waals surface area contributed by atoms with E-state index in [4.69, 9.17) is 10.5 Å². The molecule has 0 unspecified atom stereocenters. The molecule has 0 aliphatic heterocycles. The number of primary amides is 1. The van der Waals surface area contributed by atoms with E-state index in [0.29, 0.717) is 12.1 Å². The summed E-state index contributed by atoms with van der Waals surface area (Å²) in [6.45, 7) is 2.67. The van der Waals surface area contributed by atoms with Gasteiger partial charge in [-0.2, -0.15) is 0 Å². The smallest absolute Gasteiger partial charge is 0.252 e. The number of carbonyl (C=O) groups is 1. The van der Waals surface area contributed by atoms with Gasteiger partial charge >= 0.3 is 0 Å². The minimum Gasteiger partial charge on any atom is -0.496 e. The van der Waals surface area contributed by atoms with Crippen molar-refractivity contribution in [1.29, 1.82) is 0 Å². The molecular weight excluding hydrogens is 266 g/mol. The fourth-order valence-corrected chi connectivity index (χ4v) is 2.31. The van der Waals surface area contributed by atoms with Crippen LogP contribution in [0, 0.1) is 6.92 Å². The number of hydrogen-bond acceptors (Lipinski definition) is 4. The summed E-state index contributed by atoms with van der Waals surface area (Å²) in [6.07, 6.45) is 3.14. The van der Waals surface area contributed by atoms with Crippen molar-refractivity contribution >= 4 is 11.6 Å². The van der Waals surface area contributed by atoms with Crippen LogP contribution in [0.3, 0.4) is 0 Å². The summed E-state index contributed by atoms with van der Waals surface area (Å²) >= 11 is 0. The van der Waals surface area contributed by atoms with Gasteiger partial charge in [0.05, 0.1) is 18.4 Å². The molecule has 0 fully saturated rings. The molecule has 2 N–H and O–H groups in total. The lowest BCUT2D eigenvalue weighted by atomic mass is 10.1. The maximum Gasteiger partial charge on any atom is 0.252 e. The van der Waals surface area contributed by atoms with E-state index in [9.17, 15) is 4.79 Å². The topological polar surface area (TPSA) is 68.4 Å². The Morgan fingerprint density at radius 1 is 1.38 bits per heavy atom. The van der Waals surface area contributed by atoms with Crippen LogP contribution < -0.4 is 15.4 Å². The zero-order valence-electron chi connectivity index (χ0n) is 12.5. The van der Waals surface area contributed by atoms with E-state index in [-0.39, 0.29) is 0 Å². The molecule has 110 valence electrons. The standard InChI is InChI=1S/C16H19N3O2/c1-11-8-12(4-5-15(11)21-3)10-19(2)14-6-7-18-9-13(14)16(17)20/h4-9H,10H2,1-3H3,(H2,17,20). The first-order valence-corrected chi connectivity index (χ1v) is 6.61. The van der Waals surface area contributed by atoms with Crippen molar-refractivity contribution < 1.29 is 9.53 Å². The third-order valence-corrected chi connectivity index (χ3v) is 3.35. The normalized spacial score (nSPS) is 10.2. The van der Waals surface area contributed by atoms with Gasteiger partial charge in [0.2, 0.25) is 0 Å². The number of pyridine rings is 1. The number of amides is 1. The Kier molecular flexibility index (Phi) is 4.42. The number of ether oxygens (including phenoxy) is 1. The second-order valence-electron chi connectivity index (χ2n) is 4.92. The van der Waals surface area contributed by atoms with Gasteiger partial charge in [0.15, 0.2) is 0 Å². The molecule has 1 heterocycles. The predicted molar refractivity (Wildman–Crippen MR) is 82.6 cm³/mol. The summed E-state index contributed by atoms with van der Waals surface area (Å²) in [4.78, 5) is 17.4. The summed E-state index contributed by atoms with van der Waals surface area (Å²) in [5.41, 5.74) is 8.78. The van der Waals surface area contributed by atoms with Gasteiger partial charge in [-0.1, -0.05) is 12.1 Å². The molecule has 0 aliphatic carbocycles. The Balaban J connectivity index is 2.24. The van der Waals surface area contributed by atoms with E-state index in [1.165, 1.54) is 6.20 Å². The largest absolute Gasteiger partial charge is 0.496 e. The van der Waals surface area contributed by atoms with Crippen molar-refractivity contribution in [3.05, 3.63) is 53.3 Å². The van der Waals surface area contributed by atoms with Crippen LogP contribution in [0.15, 0.2) is 36.7 Å². The molecule has 0 aliphatic rings. The van der Waals surface area contributed by atoms with E-state index < -0.39 is 5.91 Å². The van der Waals surface area contributed by atoms with Crippen LogP contribution in [-0.4, -0.2) is 25.0 Å². The van der Waals surface area contributed by atoms with Crippen molar-refractivity contribution in [3.8, 4) is 5.75 Å². The lowest BCUT2D eigenvalue weighted by Gasteiger charge is -2.21. The van der Waals surface area contributed by atoms with Crippen LogP contribution in [0.25, 0.3) is 0 Å². The Labute approximate surface area is 124 Å². The highest BCUT2D eigenvalue weighted by molar-refractivity contribution is 5.98. The van der Waals surface area contributed by atoms with Crippen molar-refractivity contribution in [3.63, 3.8) is 0 Å².